The van der Waals surface area contributed by atoms with Crippen molar-refractivity contribution >= 4 is 23.4 Å². The lowest BCUT2D eigenvalue weighted by atomic mass is 10.0. The maximum Gasteiger partial charge on any atom is 0.325 e. The van der Waals surface area contributed by atoms with Crippen LogP contribution < -0.4 is 15.1 Å². The molecule has 2 aromatic heterocycles. The van der Waals surface area contributed by atoms with Crippen LogP contribution in [0.1, 0.15) is 22.3 Å². The molecule has 0 aliphatic carbocycles. The number of carbonyl (C=O) groups excluding carboxylic acids is 1. The van der Waals surface area contributed by atoms with Gasteiger partial charge in [-0.05, 0) is 47.3 Å². The molecule has 1 unspecified atom stereocenters. The van der Waals surface area contributed by atoms with Crippen molar-refractivity contribution in [3.8, 4) is 11.3 Å². The zero-order valence-corrected chi connectivity index (χ0v) is 16.8. The summed E-state index contributed by atoms with van der Waals surface area (Å²) in [7, 11) is 0. The minimum atomic E-state index is -0.745. The van der Waals surface area contributed by atoms with Crippen LogP contribution in [0.4, 0.5) is 5.69 Å². The van der Waals surface area contributed by atoms with Crippen molar-refractivity contribution in [1.82, 2.24) is 10.1 Å². The zero-order chi connectivity index (χ0) is 20.7. The third kappa shape index (κ3) is 2.84. The number of benzene rings is 2. The number of thioether (sulfide) groups is 1. The molecular weight excluding hydrogens is 400 g/mol. The molecule has 148 valence electrons. The molecule has 8 heteroatoms. The van der Waals surface area contributed by atoms with Crippen LogP contribution in [0, 0.1) is 0 Å². The fraction of sp³-hybridized carbons (Fsp3) is 0.0909. The van der Waals surface area contributed by atoms with E-state index in [-0.39, 0.29) is 11.5 Å². The number of hydrogen-bond acceptors (Lipinski definition) is 5. The summed E-state index contributed by atoms with van der Waals surface area (Å²) in [5.74, 6) is 0.292. The van der Waals surface area contributed by atoms with Crippen LogP contribution in [0.25, 0.3) is 11.3 Å². The van der Waals surface area contributed by atoms with Gasteiger partial charge in [-0.1, -0.05) is 42.1 Å². The van der Waals surface area contributed by atoms with E-state index in [2.05, 4.69) is 10.1 Å². The van der Waals surface area contributed by atoms with Gasteiger partial charge in [-0.25, -0.2) is 4.90 Å². The minimum Gasteiger partial charge on any atom is -0.460 e. The van der Waals surface area contributed by atoms with E-state index in [1.807, 2.05) is 48.7 Å². The number of nitrogens with one attached hydrogen (secondary N) is 1. The summed E-state index contributed by atoms with van der Waals surface area (Å²) in [6, 6.07) is 19.9. The molecular formula is C22H17N4O3S+. The quantitative estimate of drug-likeness (QED) is 0.409. The summed E-state index contributed by atoms with van der Waals surface area (Å²) < 4.78 is 7.28. The van der Waals surface area contributed by atoms with E-state index in [0.717, 1.165) is 0 Å². The molecule has 0 radical (unpaired) electrons. The van der Waals surface area contributed by atoms with Crippen molar-refractivity contribution < 1.29 is 13.9 Å². The number of amides is 1. The van der Waals surface area contributed by atoms with Gasteiger partial charge in [-0.15, -0.1) is 0 Å². The number of furan rings is 1. The van der Waals surface area contributed by atoms with Gasteiger partial charge in [-0.2, -0.15) is 0 Å². The second-order valence-corrected chi connectivity index (χ2v) is 7.50. The standard InChI is InChI=1S/C22H16N4O3S/c1-30-22-23-19(27)18-15-10-5-6-11-16(15)25(21(28)14-8-3-2-4-9-14)20(26(18)24-22)17-12-7-13-29-17/h2-13,20H,1H3/p+1. The lowest BCUT2D eigenvalue weighted by molar-refractivity contribution is -0.764. The number of fused-ring (bicyclic) bond motifs is 3. The molecule has 1 atom stereocenters. The van der Waals surface area contributed by atoms with E-state index < -0.39 is 6.17 Å². The van der Waals surface area contributed by atoms with Crippen molar-refractivity contribution in [1.29, 1.82) is 0 Å². The molecule has 2 aromatic carbocycles. The molecule has 0 saturated heterocycles. The summed E-state index contributed by atoms with van der Waals surface area (Å²) in [6.07, 6.45) is 2.63. The van der Waals surface area contributed by atoms with Gasteiger partial charge in [0.15, 0.2) is 5.76 Å². The van der Waals surface area contributed by atoms with Gasteiger partial charge in [0, 0.05) is 10.7 Å². The highest BCUT2D eigenvalue weighted by Crippen LogP contribution is 2.38. The van der Waals surface area contributed by atoms with E-state index in [1.54, 1.807) is 40.1 Å². The molecule has 1 aliphatic heterocycles. The SMILES string of the molecule is CSc1n[n+]2c(c(=O)[nH]1)-c1ccccc1N(C(=O)c1ccccc1)C2c1ccco1. The smallest absolute Gasteiger partial charge is 0.325 e. The van der Waals surface area contributed by atoms with Crippen molar-refractivity contribution in [3.63, 3.8) is 0 Å². The normalized spacial score (nSPS) is 14.8. The van der Waals surface area contributed by atoms with Gasteiger partial charge in [0.1, 0.15) is 0 Å². The first-order valence-electron chi connectivity index (χ1n) is 9.30. The highest BCUT2D eigenvalue weighted by Gasteiger charge is 2.47. The highest BCUT2D eigenvalue weighted by atomic mass is 32.2. The predicted molar refractivity (Wildman–Crippen MR) is 112 cm³/mol. The molecule has 30 heavy (non-hydrogen) atoms. The fourth-order valence-corrected chi connectivity index (χ4v) is 4.06. The van der Waals surface area contributed by atoms with Gasteiger partial charge in [0.2, 0.25) is 5.16 Å². The Balaban J connectivity index is 1.83. The van der Waals surface area contributed by atoms with Gasteiger partial charge in [0.05, 0.1) is 17.5 Å². The van der Waals surface area contributed by atoms with Crippen LogP contribution in [0.15, 0.2) is 87.4 Å². The molecule has 7 nitrogen and oxygen atoms in total. The van der Waals surface area contributed by atoms with Crippen LogP contribution in [-0.4, -0.2) is 22.2 Å². The molecule has 0 saturated carbocycles. The van der Waals surface area contributed by atoms with Crippen molar-refractivity contribution in [2.24, 2.45) is 0 Å². The van der Waals surface area contributed by atoms with Gasteiger partial charge in [-0.3, -0.25) is 14.6 Å². The van der Waals surface area contributed by atoms with E-state index in [0.29, 0.717) is 33.4 Å². The van der Waals surface area contributed by atoms with Crippen molar-refractivity contribution in [2.75, 3.05) is 11.2 Å². The number of aromatic nitrogens is 3. The van der Waals surface area contributed by atoms with E-state index >= 15 is 0 Å². The molecule has 0 bridgehead atoms. The van der Waals surface area contributed by atoms with Crippen molar-refractivity contribution in [2.45, 2.75) is 11.3 Å². The van der Waals surface area contributed by atoms with Crippen molar-refractivity contribution in [3.05, 3.63) is 94.7 Å². The Labute approximate surface area is 176 Å². The van der Waals surface area contributed by atoms with E-state index in [1.165, 1.54) is 11.8 Å². The highest BCUT2D eigenvalue weighted by molar-refractivity contribution is 7.98. The van der Waals surface area contributed by atoms with E-state index in [9.17, 15) is 9.59 Å². The van der Waals surface area contributed by atoms with Gasteiger partial charge < -0.3 is 4.42 Å². The van der Waals surface area contributed by atoms with Crippen LogP contribution >= 0.6 is 11.8 Å². The lowest BCUT2D eigenvalue weighted by Gasteiger charge is -2.30. The van der Waals surface area contributed by atoms with Crippen LogP contribution in [0.2, 0.25) is 0 Å². The van der Waals surface area contributed by atoms with Crippen LogP contribution in [0.5, 0.6) is 0 Å². The average molecular weight is 417 g/mol. The minimum absolute atomic E-state index is 0.213. The maximum absolute atomic E-state index is 13.7. The Hall–Kier alpha value is -3.65. The first-order chi connectivity index (χ1) is 14.7. The number of para-hydroxylation sites is 1. The molecule has 4 aromatic rings. The second kappa shape index (κ2) is 7.31. The Bertz CT molecular complexity index is 1290. The number of anilines is 1. The lowest BCUT2D eigenvalue weighted by Crippen LogP contribution is -2.60. The summed E-state index contributed by atoms with van der Waals surface area (Å²) in [6.45, 7) is 0. The largest absolute Gasteiger partial charge is 0.460 e. The number of hydrogen-bond donors (Lipinski definition) is 1. The number of nitrogens with zero attached hydrogens (tertiary/aromatic N) is 3. The molecule has 1 amide bonds. The molecule has 0 fully saturated rings. The zero-order valence-electron chi connectivity index (χ0n) is 16.0. The Morgan fingerprint density at radius 2 is 1.87 bits per heavy atom. The maximum atomic E-state index is 13.7. The fourth-order valence-electron chi connectivity index (χ4n) is 3.70. The van der Waals surface area contributed by atoms with Crippen LogP contribution in [0.3, 0.4) is 0 Å². The Kier molecular flexibility index (Phi) is 4.48. The number of H-pyrrole nitrogens is 1. The summed E-state index contributed by atoms with van der Waals surface area (Å²) in [5, 5.41) is 5.08. The predicted octanol–water partition coefficient (Wildman–Crippen LogP) is 3.25. The molecule has 5 rings (SSSR count). The monoisotopic (exact) mass is 417 g/mol. The molecule has 3 heterocycles. The summed E-state index contributed by atoms with van der Waals surface area (Å²) >= 11 is 1.32. The average Bonchev–Trinajstić information content (AvgIpc) is 3.32. The van der Waals surface area contributed by atoms with E-state index in [4.69, 9.17) is 4.42 Å². The first kappa shape index (κ1) is 18.4. The first-order valence-corrected chi connectivity index (χ1v) is 10.5. The van der Waals surface area contributed by atoms with Gasteiger partial charge in [0.25, 0.3) is 5.91 Å². The Morgan fingerprint density at radius 3 is 2.60 bits per heavy atom. The molecule has 0 spiro atoms. The Morgan fingerprint density at radius 1 is 1.10 bits per heavy atom. The van der Waals surface area contributed by atoms with Crippen LogP contribution in [-0.2, 0) is 0 Å². The summed E-state index contributed by atoms with van der Waals surface area (Å²) in [4.78, 5) is 31.1. The van der Waals surface area contributed by atoms with Gasteiger partial charge >= 0.3 is 17.4 Å². The molecule has 1 N–H and O–H groups in total. The molecule has 1 aliphatic rings. The number of aromatic amines is 1. The number of rotatable bonds is 3. The second-order valence-electron chi connectivity index (χ2n) is 6.70. The third-order valence-corrected chi connectivity index (χ3v) is 5.56. The number of carbonyl (C=O) groups is 1. The third-order valence-electron chi connectivity index (χ3n) is 4.99. The summed E-state index contributed by atoms with van der Waals surface area (Å²) in [5.41, 5.74) is 1.89. The topological polar surface area (TPSA) is 83.1 Å².